The number of rotatable bonds is 12. The number of hydrogen-bond acceptors (Lipinski definition) is 1. The molecule has 1 unspecified atom stereocenters. The molecule has 0 aliphatic carbocycles. The average molecular weight is 388 g/mol. The maximum atomic E-state index is 3.99. The Morgan fingerprint density at radius 2 is 1.38 bits per heavy atom. The molecule has 3 rings (SSSR count). The number of benzene rings is 3. The zero-order valence-corrected chi connectivity index (χ0v) is 18.3. The van der Waals surface area contributed by atoms with Crippen molar-refractivity contribution in [3.8, 4) is 11.1 Å². The monoisotopic (exact) mass is 387 g/mol. The summed E-state index contributed by atoms with van der Waals surface area (Å²) in [6.07, 6.45) is 11.9. The van der Waals surface area contributed by atoms with Gasteiger partial charge in [0.25, 0.3) is 0 Å². The van der Waals surface area contributed by atoms with Crippen molar-refractivity contribution in [1.29, 1.82) is 0 Å². The molecule has 29 heavy (non-hydrogen) atoms. The summed E-state index contributed by atoms with van der Waals surface area (Å²) in [4.78, 5) is 0. The van der Waals surface area contributed by atoms with E-state index in [1.807, 2.05) is 0 Å². The van der Waals surface area contributed by atoms with Crippen LogP contribution in [0.1, 0.15) is 71.6 Å². The number of fused-ring (bicyclic) bond motifs is 1. The Hall–Kier alpha value is -2.28. The van der Waals surface area contributed by atoms with Crippen LogP contribution in [0.4, 0.5) is 5.69 Å². The maximum Gasteiger partial charge on any atom is 0.0501 e. The van der Waals surface area contributed by atoms with Crippen LogP contribution in [-0.4, -0.2) is 6.04 Å². The SMILES string of the molecule is CCCCCCCCC(CCC)Nc1c(-c2ccccc2)ccc2ccccc12. The zero-order chi connectivity index (χ0) is 20.3. The van der Waals surface area contributed by atoms with E-state index < -0.39 is 0 Å². The molecule has 0 heterocycles. The second-order valence-electron chi connectivity index (χ2n) is 8.26. The van der Waals surface area contributed by atoms with Gasteiger partial charge >= 0.3 is 0 Å². The lowest BCUT2D eigenvalue weighted by Crippen LogP contribution is -2.20. The third-order valence-electron chi connectivity index (χ3n) is 5.91. The lowest BCUT2D eigenvalue weighted by atomic mass is 9.96. The molecule has 1 nitrogen and oxygen atoms in total. The van der Waals surface area contributed by atoms with Crippen molar-refractivity contribution in [2.24, 2.45) is 0 Å². The topological polar surface area (TPSA) is 12.0 Å². The van der Waals surface area contributed by atoms with Crippen LogP contribution in [0.2, 0.25) is 0 Å². The molecular weight excluding hydrogens is 350 g/mol. The third-order valence-corrected chi connectivity index (χ3v) is 5.91. The minimum Gasteiger partial charge on any atom is -0.381 e. The highest BCUT2D eigenvalue weighted by atomic mass is 14.9. The van der Waals surface area contributed by atoms with E-state index in [9.17, 15) is 0 Å². The van der Waals surface area contributed by atoms with E-state index in [1.165, 1.54) is 85.4 Å². The summed E-state index contributed by atoms with van der Waals surface area (Å²) >= 11 is 0. The number of hydrogen-bond donors (Lipinski definition) is 1. The van der Waals surface area contributed by atoms with E-state index in [1.54, 1.807) is 0 Å². The normalized spacial score (nSPS) is 12.2. The van der Waals surface area contributed by atoms with Gasteiger partial charge in [0.15, 0.2) is 0 Å². The van der Waals surface area contributed by atoms with E-state index >= 15 is 0 Å². The van der Waals surface area contributed by atoms with E-state index in [2.05, 4.69) is 85.9 Å². The Labute approximate surface area is 177 Å². The van der Waals surface area contributed by atoms with Crippen molar-refractivity contribution < 1.29 is 0 Å². The van der Waals surface area contributed by atoms with Gasteiger partial charge in [0.2, 0.25) is 0 Å². The lowest BCUT2D eigenvalue weighted by Gasteiger charge is -2.23. The summed E-state index contributed by atoms with van der Waals surface area (Å²) in [6.45, 7) is 4.59. The zero-order valence-electron chi connectivity index (χ0n) is 18.3. The van der Waals surface area contributed by atoms with Gasteiger partial charge in [0.1, 0.15) is 0 Å². The Balaban J connectivity index is 1.81. The highest BCUT2D eigenvalue weighted by Gasteiger charge is 2.14. The first-order chi connectivity index (χ1) is 14.3. The minimum absolute atomic E-state index is 0.541. The molecule has 1 N–H and O–H groups in total. The largest absolute Gasteiger partial charge is 0.381 e. The molecule has 0 saturated heterocycles. The van der Waals surface area contributed by atoms with Crippen molar-refractivity contribution >= 4 is 16.5 Å². The Kier molecular flexibility index (Phi) is 8.61. The van der Waals surface area contributed by atoms with Gasteiger partial charge in [-0.25, -0.2) is 0 Å². The van der Waals surface area contributed by atoms with Gasteiger partial charge < -0.3 is 5.32 Å². The van der Waals surface area contributed by atoms with Crippen LogP contribution in [0.5, 0.6) is 0 Å². The van der Waals surface area contributed by atoms with Crippen LogP contribution in [-0.2, 0) is 0 Å². The molecule has 1 atom stereocenters. The summed E-state index contributed by atoms with van der Waals surface area (Å²) in [7, 11) is 0. The van der Waals surface area contributed by atoms with Gasteiger partial charge in [-0.1, -0.05) is 126 Å². The van der Waals surface area contributed by atoms with E-state index in [-0.39, 0.29) is 0 Å². The fourth-order valence-electron chi connectivity index (χ4n) is 4.30. The average Bonchev–Trinajstić information content (AvgIpc) is 2.77. The second-order valence-corrected chi connectivity index (χ2v) is 8.26. The van der Waals surface area contributed by atoms with Crippen LogP contribution in [0, 0.1) is 0 Å². The summed E-state index contributed by atoms with van der Waals surface area (Å²) in [5.74, 6) is 0. The molecule has 0 fully saturated rings. The molecule has 1 heteroatoms. The molecule has 0 spiro atoms. The maximum absolute atomic E-state index is 3.99. The smallest absolute Gasteiger partial charge is 0.0501 e. The first-order valence-electron chi connectivity index (χ1n) is 11.7. The van der Waals surface area contributed by atoms with Gasteiger partial charge in [-0.15, -0.1) is 0 Å². The second kappa shape index (κ2) is 11.7. The van der Waals surface area contributed by atoms with Gasteiger partial charge in [0.05, 0.1) is 5.69 Å². The molecule has 0 radical (unpaired) electrons. The first-order valence-corrected chi connectivity index (χ1v) is 11.7. The molecule has 0 saturated carbocycles. The van der Waals surface area contributed by atoms with Gasteiger partial charge in [-0.3, -0.25) is 0 Å². The molecule has 0 aliphatic rings. The lowest BCUT2D eigenvalue weighted by molar-refractivity contribution is 0.529. The van der Waals surface area contributed by atoms with Crippen molar-refractivity contribution in [1.82, 2.24) is 0 Å². The summed E-state index contributed by atoms with van der Waals surface area (Å²) in [6, 6.07) is 24.7. The van der Waals surface area contributed by atoms with Gasteiger partial charge in [-0.05, 0) is 23.8 Å². The standard InChI is InChI=1S/C28H37N/c1-3-5-6-7-8-12-19-25(15-4-2)29-28-26-20-14-13-18-24(26)21-22-27(28)23-16-10-9-11-17-23/h9-11,13-14,16-18,20-22,25,29H,3-8,12,15,19H2,1-2H3. The number of anilines is 1. The molecule has 0 amide bonds. The quantitative estimate of drug-likeness (QED) is 0.306. The van der Waals surface area contributed by atoms with Crippen molar-refractivity contribution in [3.05, 3.63) is 66.7 Å². The fourth-order valence-corrected chi connectivity index (χ4v) is 4.30. The summed E-state index contributed by atoms with van der Waals surface area (Å²) in [5, 5.41) is 6.63. The van der Waals surface area contributed by atoms with Crippen molar-refractivity contribution in [3.63, 3.8) is 0 Å². The van der Waals surface area contributed by atoms with Crippen LogP contribution in [0.25, 0.3) is 21.9 Å². The highest BCUT2D eigenvalue weighted by Crippen LogP contribution is 2.36. The van der Waals surface area contributed by atoms with E-state index in [4.69, 9.17) is 0 Å². The predicted molar refractivity (Wildman–Crippen MR) is 130 cm³/mol. The van der Waals surface area contributed by atoms with Crippen molar-refractivity contribution in [2.75, 3.05) is 5.32 Å². The molecule has 3 aromatic rings. The first kappa shape index (κ1) is 21.4. The Morgan fingerprint density at radius 3 is 2.17 bits per heavy atom. The van der Waals surface area contributed by atoms with Crippen LogP contribution >= 0.6 is 0 Å². The molecule has 0 aliphatic heterocycles. The van der Waals surface area contributed by atoms with Crippen LogP contribution in [0.15, 0.2) is 66.7 Å². The molecule has 3 aromatic carbocycles. The Bertz CT molecular complexity index is 853. The summed E-state index contributed by atoms with van der Waals surface area (Å²) in [5.41, 5.74) is 3.91. The molecular formula is C28H37N. The third kappa shape index (κ3) is 6.10. The Morgan fingerprint density at radius 1 is 0.655 bits per heavy atom. The fraction of sp³-hybridized carbons (Fsp3) is 0.429. The van der Waals surface area contributed by atoms with Crippen molar-refractivity contribution in [2.45, 2.75) is 77.7 Å². The summed E-state index contributed by atoms with van der Waals surface area (Å²) < 4.78 is 0. The highest BCUT2D eigenvalue weighted by molar-refractivity contribution is 6.01. The molecule has 0 aromatic heterocycles. The molecule has 154 valence electrons. The van der Waals surface area contributed by atoms with E-state index in [0.29, 0.717) is 6.04 Å². The van der Waals surface area contributed by atoms with Gasteiger partial charge in [-0.2, -0.15) is 0 Å². The van der Waals surface area contributed by atoms with Crippen LogP contribution < -0.4 is 5.32 Å². The number of nitrogens with one attached hydrogen (secondary N) is 1. The van der Waals surface area contributed by atoms with E-state index in [0.717, 1.165) is 0 Å². The molecule has 0 bridgehead atoms. The van der Waals surface area contributed by atoms with Crippen LogP contribution in [0.3, 0.4) is 0 Å². The minimum atomic E-state index is 0.541. The number of unbranched alkanes of at least 4 members (excludes halogenated alkanes) is 5. The van der Waals surface area contributed by atoms with Gasteiger partial charge in [0, 0.05) is 17.0 Å². The predicted octanol–water partition coefficient (Wildman–Crippen LogP) is 8.84.